The predicted octanol–water partition coefficient (Wildman–Crippen LogP) is 1.11. The molecule has 9 heteroatoms. The van der Waals surface area contributed by atoms with Gasteiger partial charge in [0.05, 0.1) is 23.0 Å². The summed E-state index contributed by atoms with van der Waals surface area (Å²) in [6.45, 7) is 1.78. The third-order valence-electron chi connectivity index (χ3n) is 5.09. The molecule has 3 aliphatic rings. The van der Waals surface area contributed by atoms with Crippen molar-refractivity contribution in [2.24, 2.45) is 0 Å². The van der Waals surface area contributed by atoms with E-state index in [1.54, 1.807) is 31.2 Å². The van der Waals surface area contributed by atoms with Gasteiger partial charge in [-0.25, -0.2) is 4.79 Å². The van der Waals surface area contributed by atoms with E-state index in [0.29, 0.717) is 0 Å². The van der Waals surface area contributed by atoms with Gasteiger partial charge in [0.25, 0.3) is 17.7 Å². The highest BCUT2D eigenvalue weighted by atomic mass is 35.5. The van der Waals surface area contributed by atoms with Gasteiger partial charge < -0.3 is 9.64 Å². The van der Waals surface area contributed by atoms with Crippen molar-refractivity contribution in [3.05, 3.63) is 35.4 Å². The van der Waals surface area contributed by atoms with E-state index in [2.05, 4.69) is 0 Å². The van der Waals surface area contributed by atoms with Gasteiger partial charge in [-0.2, -0.15) is 0 Å². The van der Waals surface area contributed by atoms with Crippen LogP contribution in [0.4, 0.5) is 0 Å². The van der Waals surface area contributed by atoms with Gasteiger partial charge >= 0.3 is 5.97 Å². The summed E-state index contributed by atoms with van der Waals surface area (Å²) in [5.41, 5.74) is 0.577. The monoisotopic (exact) mass is 394 g/mol. The summed E-state index contributed by atoms with van der Waals surface area (Å²) in [6, 6.07) is 4.69. The lowest BCUT2D eigenvalue weighted by molar-refractivity contribution is -0.164. The van der Waals surface area contributed by atoms with Gasteiger partial charge in [0.15, 0.2) is 0 Å². The average molecular weight is 395 g/mol. The maximum absolute atomic E-state index is 12.8. The van der Waals surface area contributed by atoms with E-state index in [1.165, 1.54) is 23.8 Å². The summed E-state index contributed by atoms with van der Waals surface area (Å²) in [7, 11) is 1.25. The van der Waals surface area contributed by atoms with Crippen molar-refractivity contribution < 1.29 is 23.9 Å². The van der Waals surface area contributed by atoms with E-state index in [-0.39, 0.29) is 17.0 Å². The van der Waals surface area contributed by atoms with E-state index in [4.69, 9.17) is 16.3 Å². The third-order valence-corrected chi connectivity index (χ3v) is 7.44. The number of imide groups is 1. The molecule has 136 valence electrons. The zero-order valence-corrected chi connectivity index (χ0v) is 15.5. The summed E-state index contributed by atoms with van der Waals surface area (Å²) in [5, 5.41) is -0.516. The standard InChI is InChI=1S/C17H15ClN2O5S/c1-17(7-18)11(16(24)25-2)20-14(23)10(15(20)26-17)19-12(21)8-5-3-4-6-9(8)13(19)22/h3-6,10-11,15H,7H2,1-2H3/t10-,11+,15+,17+/m1/s1. The second-order valence-corrected chi connectivity index (χ2v) is 8.52. The van der Waals surface area contributed by atoms with Crippen LogP contribution in [0, 0.1) is 0 Å². The van der Waals surface area contributed by atoms with Gasteiger partial charge in [0, 0.05) is 5.88 Å². The van der Waals surface area contributed by atoms with Crippen LogP contribution in [-0.2, 0) is 14.3 Å². The fraction of sp³-hybridized carbons (Fsp3) is 0.412. The fourth-order valence-corrected chi connectivity index (χ4v) is 5.77. The zero-order chi connectivity index (χ0) is 18.8. The molecule has 7 nitrogen and oxygen atoms in total. The molecular formula is C17H15ClN2O5S. The van der Waals surface area contributed by atoms with Crippen molar-refractivity contribution in [3.8, 4) is 0 Å². The SMILES string of the molecule is COC(=O)[C@@H]1N2C(=O)[C@@H](N3C(=O)c4ccccc4C3=O)[C@@H]2S[C@@]1(C)CCl. The lowest BCUT2D eigenvalue weighted by atomic mass is 9.95. The highest BCUT2D eigenvalue weighted by Crippen LogP contribution is 2.53. The number of amides is 3. The molecule has 0 bridgehead atoms. The Balaban J connectivity index is 1.68. The smallest absolute Gasteiger partial charge is 0.330 e. The molecule has 3 heterocycles. The molecule has 0 N–H and O–H groups in total. The molecule has 1 aromatic carbocycles. The Bertz CT molecular complexity index is 826. The highest BCUT2D eigenvalue weighted by molar-refractivity contribution is 8.01. The average Bonchev–Trinajstić information content (AvgIpc) is 3.07. The van der Waals surface area contributed by atoms with Crippen molar-refractivity contribution in [1.29, 1.82) is 0 Å². The summed E-state index contributed by atoms with van der Waals surface area (Å²) in [6.07, 6.45) is 0. The van der Waals surface area contributed by atoms with Gasteiger partial charge in [-0.3, -0.25) is 19.3 Å². The lowest BCUT2D eigenvalue weighted by Gasteiger charge is -2.46. The van der Waals surface area contributed by atoms with E-state index < -0.39 is 45.9 Å². The summed E-state index contributed by atoms with van der Waals surface area (Å²) in [4.78, 5) is 52.8. The van der Waals surface area contributed by atoms with Crippen molar-refractivity contribution >= 4 is 47.1 Å². The van der Waals surface area contributed by atoms with Gasteiger partial charge in [-0.1, -0.05) is 12.1 Å². The van der Waals surface area contributed by atoms with Crippen LogP contribution in [0.15, 0.2) is 24.3 Å². The molecule has 0 aromatic heterocycles. The number of hydrogen-bond donors (Lipinski definition) is 0. The molecule has 0 spiro atoms. The second kappa shape index (κ2) is 5.72. The highest BCUT2D eigenvalue weighted by Gasteiger charge is 2.68. The number of benzene rings is 1. The first-order valence-corrected chi connectivity index (χ1v) is 9.38. The van der Waals surface area contributed by atoms with Gasteiger partial charge in [0.2, 0.25) is 0 Å². The minimum atomic E-state index is -0.940. The Kier molecular flexibility index (Phi) is 3.82. The number of carbonyl (C=O) groups is 4. The number of alkyl halides is 1. The van der Waals surface area contributed by atoms with Crippen LogP contribution in [0.25, 0.3) is 0 Å². The number of ether oxygens (including phenoxy) is 1. The van der Waals surface area contributed by atoms with Crippen molar-refractivity contribution in [2.45, 2.75) is 29.1 Å². The maximum atomic E-state index is 12.8. The summed E-state index contributed by atoms with van der Waals surface area (Å²) >= 11 is 7.40. The van der Waals surface area contributed by atoms with Gasteiger partial charge in [0.1, 0.15) is 17.5 Å². The molecule has 1 aromatic rings. The minimum Gasteiger partial charge on any atom is -0.467 e. The Morgan fingerprint density at radius 3 is 2.31 bits per heavy atom. The third kappa shape index (κ3) is 2.02. The molecule has 0 radical (unpaired) electrons. The first-order chi connectivity index (χ1) is 12.4. The molecule has 3 amide bonds. The molecule has 0 aliphatic carbocycles. The Hall–Kier alpha value is -2.06. The van der Waals surface area contributed by atoms with Crippen LogP contribution >= 0.6 is 23.4 Å². The summed E-state index contributed by atoms with van der Waals surface area (Å²) < 4.78 is 4.07. The zero-order valence-electron chi connectivity index (χ0n) is 14.0. The molecule has 3 aliphatic heterocycles. The number of esters is 1. The van der Waals surface area contributed by atoms with E-state index in [9.17, 15) is 19.2 Å². The normalized spacial score (nSPS) is 32.4. The van der Waals surface area contributed by atoms with Crippen LogP contribution in [0.2, 0.25) is 0 Å². The van der Waals surface area contributed by atoms with Crippen LogP contribution in [-0.4, -0.2) is 68.7 Å². The number of rotatable bonds is 3. The number of fused-ring (bicyclic) bond motifs is 2. The molecule has 4 atom stereocenters. The van der Waals surface area contributed by atoms with Crippen LogP contribution in [0.1, 0.15) is 27.6 Å². The van der Waals surface area contributed by atoms with Crippen molar-refractivity contribution in [3.63, 3.8) is 0 Å². The molecule has 26 heavy (non-hydrogen) atoms. The molecule has 4 rings (SSSR count). The maximum Gasteiger partial charge on any atom is 0.330 e. The van der Waals surface area contributed by atoms with Crippen molar-refractivity contribution in [1.82, 2.24) is 9.80 Å². The Labute approximate surface area is 158 Å². The van der Waals surface area contributed by atoms with Gasteiger partial charge in [-0.15, -0.1) is 23.4 Å². The number of halogens is 1. The number of carbonyl (C=O) groups excluding carboxylic acids is 4. The summed E-state index contributed by atoms with van der Waals surface area (Å²) in [5.74, 6) is -1.86. The lowest BCUT2D eigenvalue weighted by Crippen LogP contribution is -2.71. The molecule has 0 saturated carbocycles. The predicted molar refractivity (Wildman–Crippen MR) is 93.9 cm³/mol. The first-order valence-electron chi connectivity index (χ1n) is 7.96. The molecule has 2 fully saturated rings. The van der Waals surface area contributed by atoms with E-state index in [0.717, 1.165) is 4.90 Å². The van der Waals surface area contributed by atoms with Crippen LogP contribution < -0.4 is 0 Å². The fourth-order valence-electron chi connectivity index (χ4n) is 3.78. The Morgan fingerprint density at radius 1 is 1.23 bits per heavy atom. The van der Waals surface area contributed by atoms with Gasteiger partial charge in [-0.05, 0) is 19.1 Å². The quantitative estimate of drug-likeness (QED) is 0.330. The second-order valence-electron chi connectivity index (χ2n) is 6.60. The Morgan fingerprint density at radius 2 is 1.81 bits per heavy atom. The van der Waals surface area contributed by atoms with E-state index in [1.807, 2.05) is 0 Å². The number of thioether (sulfide) groups is 1. The van der Waals surface area contributed by atoms with Crippen LogP contribution in [0.3, 0.4) is 0 Å². The minimum absolute atomic E-state index is 0.118. The van der Waals surface area contributed by atoms with Crippen molar-refractivity contribution in [2.75, 3.05) is 13.0 Å². The first kappa shape index (κ1) is 17.4. The van der Waals surface area contributed by atoms with Crippen LogP contribution in [0.5, 0.6) is 0 Å². The number of methoxy groups -OCH3 is 1. The largest absolute Gasteiger partial charge is 0.467 e. The molecule has 0 unspecified atom stereocenters. The topological polar surface area (TPSA) is 84.0 Å². The van der Waals surface area contributed by atoms with E-state index >= 15 is 0 Å². The number of nitrogens with zero attached hydrogens (tertiary/aromatic N) is 2. The number of β-lactam (4-membered cyclic amide) rings is 1. The number of hydrogen-bond acceptors (Lipinski definition) is 6. The molecular weight excluding hydrogens is 380 g/mol. The molecule has 2 saturated heterocycles.